The highest BCUT2D eigenvalue weighted by atomic mass is 15.3. The van der Waals surface area contributed by atoms with Crippen LogP contribution in [0.4, 0.5) is 0 Å². The topological polar surface area (TPSA) is 33.1 Å². The van der Waals surface area contributed by atoms with Crippen LogP contribution in [0.1, 0.15) is 19.4 Å². The van der Waals surface area contributed by atoms with E-state index in [0.717, 1.165) is 24.9 Å². The van der Waals surface area contributed by atoms with Gasteiger partial charge in [0.15, 0.2) is 0 Å². The van der Waals surface area contributed by atoms with Gasteiger partial charge in [-0.15, -0.1) is 0 Å². The highest BCUT2D eigenvalue weighted by Crippen LogP contribution is 2.33. The van der Waals surface area contributed by atoms with E-state index in [9.17, 15) is 0 Å². The van der Waals surface area contributed by atoms with Gasteiger partial charge in [-0.25, -0.2) is 0 Å². The summed E-state index contributed by atoms with van der Waals surface area (Å²) in [6.45, 7) is 10.2. The van der Waals surface area contributed by atoms with Crippen LogP contribution >= 0.6 is 0 Å². The highest BCUT2D eigenvalue weighted by molar-refractivity contribution is 5.06. The predicted molar refractivity (Wildman–Crippen MR) is 67.6 cm³/mol. The molecule has 3 unspecified atom stereocenters. The standard InChI is InChI=1S/C13H22N4/c1-3-17-8-11(4-15-17)7-16-9-12-5-14-6-13(12)10(16)2/h4,8,10,12-14H,3,5-7,9H2,1-2H3. The van der Waals surface area contributed by atoms with Crippen LogP contribution in [0.5, 0.6) is 0 Å². The van der Waals surface area contributed by atoms with Crippen molar-refractivity contribution in [2.45, 2.75) is 33.0 Å². The lowest BCUT2D eigenvalue weighted by atomic mass is 9.95. The van der Waals surface area contributed by atoms with Crippen LogP contribution in [-0.2, 0) is 13.1 Å². The largest absolute Gasteiger partial charge is 0.316 e. The van der Waals surface area contributed by atoms with Crippen molar-refractivity contribution in [3.8, 4) is 0 Å². The number of hydrogen-bond donors (Lipinski definition) is 1. The zero-order chi connectivity index (χ0) is 11.8. The molecular formula is C13H22N4. The highest BCUT2D eigenvalue weighted by Gasteiger charge is 2.41. The van der Waals surface area contributed by atoms with Crippen molar-refractivity contribution in [2.75, 3.05) is 19.6 Å². The molecule has 2 aliphatic rings. The van der Waals surface area contributed by atoms with Crippen LogP contribution in [0.15, 0.2) is 12.4 Å². The zero-order valence-corrected chi connectivity index (χ0v) is 10.8. The number of nitrogens with zero attached hydrogens (tertiary/aromatic N) is 3. The Bertz CT molecular complexity index is 387. The summed E-state index contributed by atoms with van der Waals surface area (Å²) in [7, 11) is 0. The first-order chi connectivity index (χ1) is 8.28. The molecule has 0 amide bonds. The lowest BCUT2D eigenvalue weighted by Crippen LogP contribution is -2.32. The molecule has 0 spiro atoms. The Hall–Kier alpha value is -0.870. The molecule has 0 bridgehead atoms. The van der Waals surface area contributed by atoms with Crippen molar-refractivity contribution >= 4 is 0 Å². The van der Waals surface area contributed by atoms with E-state index in [4.69, 9.17) is 0 Å². The molecule has 3 atom stereocenters. The van der Waals surface area contributed by atoms with E-state index in [2.05, 4.69) is 35.4 Å². The van der Waals surface area contributed by atoms with Gasteiger partial charge in [-0.1, -0.05) is 0 Å². The first kappa shape index (κ1) is 11.2. The van der Waals surface area contributed by atoms with Gasteiger partial charge >= 0.3 is 0 Å². The van der Waals surface area contributed by atoms with Crippen LogP contribution in [0.25, 0.3) is 0 Å². The van der Waals surface area contributed by atoms with E-state index in [-0.39, 0.29) is 0 Å². The SMILES string of the molecule is CCn1cc(CN2CC3CNCC3C2C)cn1. The van der Waals surface area contributed by atoms with Crippen LogP contribution in [0.3, 0.4) is 0 Å². The van der Waals surface area contributed by atoms with Crippen LogP contribution in [-0.4, -0.2) is 40.4 Å². The van der Waals surface area contributed by atoms with Gasteiger partial charge in [-0.2, -0.15) is 5.10 Å². The molecule has 2 fully saturated rings. The van der Waals surface area contributed by atoms with Gasteiger partial charge in [0, 0.05) is 37.4 Å². The summed E-state index contributed by atoms with van der Waals surface area (Å²) in [6, 6.07) is 0.708. The monoisotopic (exact) mass is 234 g/mol. The van der Waals surface area contributed by atoms with E-state index in [0.29, 0.717) is 6.04 Å². The Balaban J connectivity index is 1.66. The third-order valence-corrected chi connectivity index (χ3v) is 4.45. The summed E-state index contributed by atoms with van der Waals surface area (Å²) in [4.78, 5) is 2.62. The second kappa shape index (κ2) is 4.42. The molecule has 2 saturated heterocycles. The lowest BCUT2D eigenvalue weighted by molar-refractivity contribution is 0.231. The molecule has 4 nitrogen and oxygen atoms in total. The summed E-state index contributed by atoms with van der Waals surface area (Å²) in [5, 5.41) is 7.86. The van der Waals surface area contributed by atoms with E-state index in [1.54, 1.807) is 0 Å². The quantitative estimate of drug-likeness (QED) is 0.845. The van der Waals surface area contributed by atoms with Crippen molar-refractivity contribution in [1.29, 1.82) is 0 Å². The predicted octanol–water partition coefficient (Wildman–Crippen LogP) is 0.943. The van der Waals surface area contributed by atoms with Crippen molar-refractivity contribution in [2.24, 2.45) is 11.8 Å². The Labute approximate surface area is 103 Å². The van der Waals surface area contributed by atoms with E-state index < -0.39 is 0 Å². The molecule has 94 valence electrons. The van der Waals surface area contributed by atoms with E-state index in [1.807, 2.05) is 10.9 Å². The summed E-state index contributed by atoms with van der Waals surface area (Å²) in [6.07, 6.45) is 4.20. The third-order valence-electron chi connectivity index (χ3n) is 4.45. The number of fused-ring (bicyclic) bond motifs is 1. The first-order valence-electron chi connectivity index (χ1n) is 6.74. The average Bonchev–Trinajstić information content (AvgIpc) is 3.00. The summed E-state index contributed by atoms with van der Waals surface area (Å²) in [5.74, 6) is 1.72. The minimum absolute atomic E-state index is 0.708. The van der Waals surface area contributed by atoms with Crippen molar-refractivity contribution < 1.29 is 0 Å². The van der Waals surface area contributed by atoms with Crippen LogP contribution in [0.2, 0.25) is 0 Å². The maximum atomic E-state index is 4.35. The molecule has 0 radical (unpaired) electrons. The van der Waals surface area contributed by atoms with Gasteiger partial charge < -0.3 is 5.32 Å². The fraction of sp³-hybridized carbons (Fsp3) is 0.769. The second-order valence-electron chi connectivity index (χ2n) is 5.46. The van der Waals surface area contributed by atoms with Crippen molar-refractivity contribution in [1.82, 2.24) is 20.0 Å². The second-order valence-corrected chi connectivity index (χ2v) is 5.46. The minimum Gasteiger partial charge on any atom is -0.316 e. The molecule has 0 aliphatic carbocycles. The molecule has 3 heterocycles. The number of nitrogens with one attached hydrogen (secondary N) is 1. The van der Waals surface area contributed by atoms with E-state index in [1.165, 1.54) is 25.2 Å². The molecular weight excluding hydrogens is 212 g/mol. The number of aryl methyl sites for hydroxylation is 1. The molecule has 3 rings (SSSR count). The van der Waals surface area contributed by atoms with Gasteiger partial charge in [-0.3, -0.25) is 9.58 Å². The van der Waals surface area contributed by atoms with Gasteiger partial charge in [-0.05, 0) is 38.8 Å². The molecule has 0 aromatic carbocycles. The Morgan fingerprint density at radius 2 is 2.35 bits per heavy atom. The normalized spacial score (nSPS) is 33.2. The van der Waals surface area contributed by atoms with E-state index >= 15 is 0 Å². The maximum absolute atomic E-state index is 4.35. The van der Waals surface area contributed by atoms with Crippen molar-refractivity contribution in [3.63, 3.8) is 0 Å². The lowest BCUT2D eigenvalue weighted by Gasteiger charge is -2.23. The average molecular weight is 234 g/mol. The van der Waals surface area contributed by atoms with Crippen LogP contribution in [0, 0.1) is 11.8 Å². The Kier molecular flexibility index (Phi) is 2.92. The molecule has 1 aromatic rings. The van der Waals surface area contributed by atoms with Gasteiger partial charge in [0.05, 0.1) is 6.20 Å². The molecule has 17 heavy (non-hydrogen) atoms. The van der Waals surface area contributed by atoms with Gasteiger partial charge in [0.25, 0.3) is 0 Å². The number of rotatable bonds is 3. The Morgan fingerprint density at radius 1 is 1.47 bits per heavy atom. The first-order valence-corrected chi connectivity index (χ1v) is 6.74. The molecule has 4 heteroatoms. The van der Waals surface area contributed by atoms with Gasteiger partial charge in [0.1, 0.15) is 0 Å². The van der Waals surface area contributed by atoms with Gasteiger partial charge in [0.2, 0.25) is 0 Å². The fourth-order valence-corrected chi connectivity index (χ4v) is 3.36. The molecule has 2 aliphatic heterocycles. The number of hydrogen-bond acceptors (Lipinski definition) is 3. The third kappa shape index (κ3) is 2.00. The summed E-state index contributed by atoms with van der Waals surface area (Å²) >= 11 is 0. The molecule has 0 saturated carbocycles. The fourth-order valence-electron chi connectivity index (χ4n) is 3.36. The zero-order valence-electron chi connectivity index (χ0n) is 10.8. The van der Waals surface area contributed by atoms with Crippen molar-refractivity contribution in [3.05, 3.63) is 18.0 Å². The minimum atomic E-state index is 0.708. The summed E-state index contributed by atoms with van der Waals surface area (Å²) < 4.78 is 2.01. The number of aromatic nitrogens is 2. The molecule has 1 aromatic heterocycles. The molecule has 1 N–H and O–H groups in total. The maximum Gasteiger partial charge on any atom is 0.0534 e. The van der Waals surface area contributed by atoms with Crippen LogP contribution < -0.4 is 5.32 Å². The number of likely N-dealkylation sites (tertiary alicyclic amines) is 1. The smallest absolute Gasteiger partial charge is 0.0534 e. The Morgan fingerprint density at radius 3 is 3.06 bits per heavy atom. The summed E-state index contributed by atoms with van der Waals surface area (Å²) in [5.41, 5.74) is 1.35.